The van der Waals surface area contributed by atoms with E-state index in [1.165, 1.54) is 26.1 Å². The first-order chi connectivity index (χ1) is 15.4. The van der Waals surface area contributed by atoms with Crippen molar-refractivity contribution in [3.63, 3.8) is 0 Å². The highest BCUT2D eigenvalue weighted by Gasteiger charge is 2.07. The van der Waals surface area contributed by atoms with Crippen LogP contribution in [0.2, 0.25) is 0 Å². The lowest BCUT2D eigenvalue weighted by Gasteiger charge is -2.06. The standard InChI is InChI=1S/C10H13NO.C8H7FN2O.2C3H8.C2H6.CH4/c1-8(2)10-6-11-5-4-9(10)7-12-3;1-12-5-7-6(2-10)3-11-4-8(7)9;2*1-3-2;1-2;/h4-6H,1,7H2,2-3H3;3-4H,5H2,1H3;2*3H2,1-2H3;1-2H3;1H4. The van der Waals surface area contributed by atoms with Crippen molar-refractivity contribution < 1.29 is 13.9 Å². The van der Waals surface area contributed by atoms with Crippen LogP contribution in [0.1, 0.15) is 91.0 Å². The van der Waals surface area contributed by atoms with Crippen molar-refractivity contribution in [1.29, 1.82) is 5.26 Å². The van der Waals surface area contributed by atoms with Crippen molar-refractivity contribution in [3.05, 3.63) is 65.5 Å². The zero-order chi connectivity index (χ0) is 25.4. The maximum Gasteiger partial charge on any atom is 0.148 e. The SMILES string of the molecule is C.C=C(C)c1cnccc1COC.CC.CCC.CCC.COCc1c(F)cncc1C#N. The number of methoxy groups -OCH3 is 2. The molecule has 33 heavy (non-hydrogen) atoms. The van der Waals surface area contributed by atoms with Gasteiger partial charge in [0, 0.05) is 43.9 Å². The second-order valence-corrected chi connectivity index (χ2v) is 6.35. The molecule has 0 aliphatic rings. The third-order valence-electron chi connectivity index (χ3n) is 3.09. The summed E-state index contributed by atoms with van der Waals surface area (Å²) in [4.78, 5) is 7.58. The van der Waals surface area contributed by atoms with Gasteiger partial charge in [-0.05, 0) is 24.1 Å². The number of hydrogen-bond donors (Lipinski definition) is 0. The molecule has 2 aromatic rings. The Balaban J connectivity index is -0.000000190. The zero-order valence-electron chi connectivity index (χ0n) is 21.5. The van der Waals surface area contributed by atoms with Crippen molar-refractivity contribution >= 4 is 5.57 Å². The highest BCUT2D eigenvalue weighted by molar-refractivity contribution is 5.63. The van der Waals surface area contributed by atoms with Crippen LogP contribution >= 0.6 is 0 Å². The number of ether oxygens (including phenoxy) is 2. The zero-order valence-corrected chi connectivity index (χ0v) is 21.5. The molecule has 0 bridgehead atoms. The molecular weight excluding hydrogens is 417 g/mol. The summed E-state index contributed by atoms with van der Waals surface area (Å²) in [7, 11) is 3.13. The summed E-state index contributed by atoms with van der Waals surface area (Å²) in [5, 5.41) is 8.56. The van der Waals surface area contributed by atoms with Gasteiger partial charge in [0.15, 0.2) is 0 Å². The molecule has 5 nitrogen and oxygen atoms in total. The summed E-state index contributed by atoms with van der Waals surface area (Å²) in [6.45, 7) is 19.1. The minimum Gasteiger partial charge on any atom is -0.380 e. The fraction of sp³-hybridized carbons (Fsp3) is 0.519. The number of rotatable bonds is 5. The topological polar surface area (TPSA) is 68.0 Å². The molecule has 0 atom stereocenters. The summed E-state index contributed by atoms with van der Waals surface area (Å²) >= 11 is 0. The number of allylic oxidation sites excluding steroid dienone is 1. The van der Waals surface area contributed by atoms with Crippen LogP contribution in [0.3, 0.4) is 0 Å². The first-order valence-corrected chi connectivity index (χ1v) is 11.0. The smallest absolute Gasteiger partial charge is 0.148 e. The average molecular weight is 464 g/mol. The molecule has 0 N–H and O–H groups in total. The number of halogens is 1. The maximum absolute atomic E-state index is 12.9. The van der Waals surface area contributed by atoms with Crippen LogP contribution in [0, 0.1) is 17.1 Å². The van der Waals surface area contributed by atoms with Gasteiger partial charge in [-0.15, -0.1) is 0 Å². The molecule has 0 aliphatic carbocycles. The summed E-state index contributed by atoms with van der Waals surface area (Å²) in [5.74, 6) is -0.504. The van der Waals surface area contributed by atoms with E-state index >= 15 is 0 Å². The van der Waals surface area contributed by atoms with E-state index in [0.717, 1.165) is 22.9 Å². The maximum atomic E-state index is 12.9. The first kappa shape index (κ1) is 37.7. The monoisotopic (exact) mass is 463 g/mol. The van der Waals surface area contributed by atoms with E-state index in [0.29, 0.717) is 6.61 Å². The van der Waals surface area contributed by atoms with Crippen LogP contribution in [0.5, 0.6) is 0 Å². The third-order valence-corrected chi connectivity index (χ3v) is 3.09. The Bertz CT molecular complexity index is 757. The third kappa shape index (κ3) is 18.6. The van der Waals surface area contributed by atoms with Gasteiger partial charge in [0.1, 0.15) is 11.9 Å². The van der Waals surface area contributed by atoms with E-state index in [2.05, 4.69) is 44.2 Å². The molecule has 0 amide bonds. The predicted octanol–water partition coefficient (Wildman–Crippen LogP) is 7.99. The van der Waals surface area contributed by atoms with Crippen LogP contribution in [0.4, 0.5) is 4.39 Å². The van der Waals surface area contributed by atoms with E-state index < -0.39 is 5.82 Å². The van der Waals surface area contributed by atoms with Crippen LogP contribution in [0.25, 0.3) is 5.57 Å². The molecule has 0 spiro atoms. The Morgan fingerprint density at radius 1 is 1.00 bits per heavy atom. The van der Waals surface area contributed by atoms with Crippen LogP contribution < -0.4 is 0 Å². The normalized spacial score (nSPS) is 8.27. The fourth-order valence-electron chi connectivity index (χ4n) is 1.94. The number of nitrogens with zero attached hydrogens (tertiary/aromatic N) is 3. The van der Waals surface area contributed by atoms with Gasteiger partial charge in [-0.25, -0.2) is 4.39 Å². The van der Waals surface area contributed by atoms with Crippen molar-refractivity contribution in [2.75, 3.05) is 14.2 Å². The Morgan fingerprint density at radius 2 is 1.52 bits per heavy atom. The van der Waals surface area contributed by atoms with Gasteiger partial charge in [0.25, 0.3) is 0 Å². The minimum atomic E-state index is -0.504. The van der Waals surface area contributed by atoms with Crippen molar-refractivity contribution in [3.8, 4) is 6.07 Å². The molecule has 0 aliphatic heterocycles. The summed E-state index contributed by atoms with van der Waals surface area (Å²) < 4.78 is 22.7. The van der Waals surface area contributed by atoms with E-state index in [1.54, 1.807) is 13.3 Å². The number of aromatic nitrogens is 2. The van der Waals surface area contributed by atoms with Gasteiger partial charge >= 0.3 is 0 Å². The molecule has 2 rings (SSSR count). The van der Waals surface area contributed by atoms with E-state index in [9.17, 15) is 4.39 Å². The Labute approximate surface area is 202 Å². The van der Waals surface area contributed by atoms with Crippen LogP contribution in [-0.2, 0) is 22.7 Å². The lowest BCUT2D eigenvalue weighted by atomic mass is 10.1. The predicted molar refractivity (Wildman–Crippen MR) is 139 cm³/mol. The van der Waals surface area contributed by atoms with Gasteiger partial charge < -0.3 is 9.47 Å². The van der Waals surface area contributed by atoms with Gasteiger partial charge in [-0.2, -0.15) is 5.26 Å². The van der Waals surface area contributed by atoms with Crippen molar-refractivity contribution in [2.24, 2.45) is 0 Å². The van der Waals surface area contributed by atoms with E-state index in [4.69, 9.17) is 14.7 Å². The Hall–Kier alpha value is -2.62. The van der Waals surface area contributed by atoms with Crippen LogP contribution in [0.15, 0.2) is 37.4 Å². The van der Waals surface area contributed by atoms with Crippen molar-refractivity contribution in [2.45, 2.75) is 81.9 Å². The van der Waals surface area contributed by atoms with E-state index in [1.807, 2.05) is 39.1 Å². The van der Waals surface area contributed by atoms with E-state index in [-0.39, 0.29) is 25.2 Å². The van der Waals surface area contributed by atoms with Crippen LogP contribution in [-0.4, -0.2) is 24.2 Å². The second-order valence-electron chi connectivity index (χ2n) is 6.35. The molecule has 2 aromatic heterocycles. The number of nitriles is 1. The highest BCUT2D eigenvalue weighted by atomic mass is 19.1. The largest absolute Gasteiger partial charge is 0.380 e. The highest BCUT2D eigenvalue weighted by Crippen LogP contribution is 2.16. The van der Waals surface area contributed by atoms with Gasteiger partial charge in [-0.3, -0.25) is 9.97 Å². The summed E-state index contributed by atoms with van der Waals surface area (Å²) in [6, 6.07) is 3.79. The van der Waals surface area contributed by atoms with Gasteiger partial charge in [0.05, 0.1) is 25.0 Å². The lowest BCUT2D eigenvalue weighted by Crippen LogP contribution is -1.97. The molecule has 188 valence electrons. The quantitative estimate of drug-likeness (QED) is 0.449. The number of pyridine rings is 2. The second kappa shape index (κ2) is 27.4. The molecule has 0 aromatic carbocycles. The van der Waals surface area contributed by atoms with Gasteiger partial charge in [-0.1, -0.05) is 68.4 Å². The molecule has 6 heteroatoms. The summed E-state index contributed by atoms with van der Waals surface area (Å²) in [5.41, 5.74) is 3.72. The minimum absolute atomic E-state index is 0. The number of hydrogen-bond acceptors (Lipinski definition) is 5. The molecule has 0 unspecified atom stereocenters. The van der Waals surface area contributed by atoms with Gasteiger partial charge in [0.2, 0.25) is 0 Å². The Kier molecular flexibility index (Phi) is 31.3. The lowest BCUT2D eigenvalue weighted by molar-refractivity contribution is 0.181. The molecule has 0 saturated carbocycles. The molecule has 0 radical (unpaired) electrons. The summed E-state index contributed by atoms with van der Waals surface area (Å²) in [6.07, 6.45) is 8.46. The average Bonchev–Trinajstić information content (AvgIpc) is 2.79. The molecular formula is C27H46FN3O2. The molecule has 0 fully saturated rings. The first-order valence-electron chi connectivity index (χ1n) is 11.0. The molecule has 2 heterocycles. The Morgan fingerprint density at radius 3 is 1.94 bits per heavy atom. The fourth-order valence-corrected chi connectivity index (χ4v) is 1.94. The molecule has 0 saturated heterocycles. The van der Waals surface area contributed by atoms with Crippen molar-refractivity contribution in [1.82, 2.24) is 9.97 Å².